The molecule has 104 valence electrons. The summed E-state index contributed by atoms with van der Waals surface area (Å²) in [5, 5.41) is 4.30. The summed E-state index contributed by atoms with van der Waals surface area (Å²) in [5.41, 5.74) is 3.67. The number of benzene rings is 2. The van der Waals surface area contributed by atoms with Crippen molar-refractivity contribution in [2.75, 3.05) is 13.2 Å². The molecule has 1 aliphatic rings. The van der Waals surface area contributed by atoms with Crippen molar-refractivity contribution < 1.29 is 4.74 Å². The van der Waals surface area contributed by atoms with E-state index < -0.39 is 0 Å². The monoisotopic (exact) mass is 287 g/mol. The molecule has 20 heavy (non-hydrogen) atoms. The summed E-state index contributed by atoms with van der Waals surface area (Å²) >= 11 is 6.13. The molecule has 3 rings (SSSR count). The van der Waals surface area contributed by atoms with Crippen LogP contribution in [0.25, 0.3) is 0 Å². The first-order valence-corrected chi connectivity index (χ1v) is 7.41. The summed E-state index contributed by atoms with van der Waals surface area (Å²) in [7, 11) is 0. The Morgan fingerprint density at radius 1 is 1.25 bits per heavy atom. The Bertz CT molecular complexity index is 612. The van der Waals surface area contributed by atoms with Gasteiger partial charge in [-0.25, -0.2) is 0 Å². The van der Waals surface area contributed by atoms with Gasteiger partial charge in [-0.15, -0.1) is 0 Å². The molecule has 1 N–H and O–H groups in total. The lowest BCUT2D eigenvalue weighted by Crippen LogP contribution is -2.22. The average molecular weight is 288 g/mol. The molecule has 2 aromatic rings. The second-order valence-corrected chi connectivity index (χ2v) is 5.42. The molecule has 0 aliphatic carbocycles. The Morgan fingerprint density at radius 3 is 2.90 bits per heavy atom. The molecule has 0 saturated carbocycles. The Labute approximate surface area is 124 Å². The first kappa shape index (κ1) is 13.5. The molecule has 0 aromatic heterocycles. The van der Waals surface area contributed by atoms with Crippen LogP contribution < -0.4 is 10.1 Å². The number of hydrogen-bond donors (Lipinski definition) is 1. The van der Waals surface area contributed by atoms with Gasteiger partial charge < -0.3 is 10.1 Å². The van der Waals surface area contributed by atoms with Crippen molar-refractivity contribution >= 4 is 11.6 Å². The smallest absolute Gasteiger partial charge is 0.127 e. The van der Waals surface area contributed by atoms with Gasteiger partial charge >= 0.3 is 0 Å². The fraction of sp³-hybridized carbons (Fsp3) is 0.294. The van der Waals surface area contributed by atoms with Crippen LogP contribution in [-0.2, 0) is 6.42 Å². The highest BCUT2D eigenvalue weighted by Gasteiger charge is 2.22. The van der Waals surface area contributed by atoms with E-state index in [1.807, 2.05) is 18.2 Å². The van der Waals surface area contributed by atoms with E-state index in [0.29, 0.717) is 0 Å². The first-order chi connectivity index (χ1) is 9.79. The van der Waals surface area contributed by atoms with Crippen molar-refractivity contribution in [2.45, 2.75) is 19.4 Å². The van der Waals surface area contributed by atoms with Gasteiger partial charge in [0, 0.05) is 17.0 Å². The van der Waals surface area contributed by atoms with E-state index in [4.69, 9.17) is 16.3 Å². The maximum absolute atomic E-state index is 6.13. The number of para-hydroxylation sites is 1. The van der Waals surface area contributed by atoms with Gasteiger partial charge in [-0.1, -0.05) is 48.9 Å². The summed E-state index contributed by atoms with van der Waals surface area (Å²) in [5.74, 6) is 1.04. The Morgan fingerprint density at radius 2 is 2.10 bits per heavy atom. The number of nitrogens with one attached hydrogen (secondary N) is 1. The van der Waals surface area contributed by atoms with E-state index in [-0.39, 0.29) is 6.04 Å². The van der Waals surface area contributed by atoms with Gasteiger partial charge in [0.1, 0.15) is 5.75 Å². The summed E-state index contributed by atoms with van der Waals surface area (Å²) < 4.78 is 5.84. The molecule has 0 amide bonds. The van der Waals surface area contributed by atoms with Crippen molar-refractivity contribution in [2.24, 2.45) is 0 Å². The highest BCUT2D eigenvalue weighted by Crippen LogP contribution is 2.36. The Kier molecular flexibility index (Phi) is 3.95. The minimum atomic E-state index is 0.117. The molecule has 1 unspecified atom stereocenters. The zero-order valence-corrected chi connectivity index (χ0v) is 12.3. The SMILES string of the molecule is CCNC(c1cccc(Cl)c1)c1cccc2c1OCC2. The predicted molar refractivity (Wildman–Crippen MR) is 82.6 cm³/mol. The van der Waals surface area contributed by atoms with Crippen LogP contribution in [0, 0.1) is 0 Å². The van der Waals surface area contributed by atoms with Gasteiger partial charge in [0.15, 0.2) is 0 Å². The molecular weight excluding hydrogens is 270 g/mol. The van der Waals surface area contributed by atoms with Crippen molar-refractivity contribution in [1.82, 2.24) is 5.32 Å². The highest BCUT2D eigenvalue weighted by molar-refractivity contribution is 6.30. The quantitative estimate of drug-likeness (QED) is 0.918. The van der Waals surface area contributed by atoms with Crippen LogP contribution in [0.3, 0.4) is 0 Å². The summed E-state index contributed by atoms with van der Waals surface area (Å²) in [6, 6.07) is 14.5. The lowest BCUT2D eigenvalue weighted by molar-refractivity contribution is 0.350. The van der Waals surface area contributed by atoms with E-state index in [1.54, 1.807) is 0 Å². The molecule has 0 bridgehead atoms. The third-order valence-corrected chi connectivity index (χ3v) is 3.88. The van der Waals surface area contributed by atoms with Crippen LogP contribution in [0.5, 0.6) is 5.75 Å². The maximum Gasteiger partial charge on any atom is 0.127 e. The van der Waals surface area contributed by atoms with Crippen LogP contribution in [-0.4, -0.2) is 13.2 Å². The Hall–Kier alpha value is -1.51. The minimum Gasteiger partial charge on any atom is -0.493 e. The van der Waals surface area contributed by atoms with E-state index >= 15 is 0 Å². The molecule has 0 radical (unpaired) electrons. The second-order valence-electron chi connectivity index (χ2n) is 4.98. The average Bonchev–Trinajstić information content (AvgIpc) is 2.93. The molecule has 1 aliphatic heterocycles. The minimum absolute atomic E-state index is 0.117. The van der Waals surface area contributed by atoms with Crippen LogP contribution in [0.1, 0.15) is 29.7 Å². The van der Waals surface area contributed by atoms with E-state index in [0.717, 1.165) is 30.3 Å². The summed E-state index contributed by atoms with van der Waals surface area (Å²) in [6.07, 6.45) is 0.998. The number of ether oxygens (including phenoxy) is 1. The fourth-order valence-corrected chi connectivity index (χ4v) is 2.96. The predicted octanol–water partition coefficient (Wildman–Crippen LogP) is 3.97. The lowest BCUT2D eigenvalue weighted by atomic mass is 9.96. The van der Waals surface area contributed by atoms with E-state index in [1.165, 1.54) is 16.7 Å². The molecule has 1 atom stereocenters. The highest BCUT2D eigenvalue weighted by atomic mass is 35.5. The van der Waals surface area contributed by atoms with Crippen molar-refractivity contribution in [1.29, 1.82) is 0 Å². The fourth-order valence-electron chi connectivity index (χ4n) is 2.77. The topological polar surface area (TPSA) is 21.3 Å². The number of rotatable bonds is 4. The van der Waals surface area contributed by atoms with Gasteiger partial charge in [-0.05, 0) is 29.8 Å². The van der Waals surface area contributed by atoms with Gasteiger partial charge in [0.05, 0.1) is 12.6 Å². The second kappa shape index (κ2) is 5.86. The molecule has 0 saturated heterocycles. The van der Waals surface area contributed by atoms with Gasteiger partial charge in [-0.3, -0.25) is 0 Å². The normalized spacial score (nSPS) is 14.7. The van der Waals surface area contributed by atoms with Crippen LogP contribution in [0.15, 0.2) is 42.5 Å². The van der Waals surface area contributed by atoms with Crippen molar-refractivity contribution in [3.8, 4) is 5.75 Å². The largest absolute Gasteiger partial charge is 0.493 e. The number of hydrogen-bond acceptors (Lipinski definition) is 2. The third kappa shape index (κ3) is 2.54. The third-order valence-electron chi connectivity index (χ3n) is 3.65. The zero-order valence-electron chi connectivity index (χ0n) is 11.5. The van der Waals surface area contributed by atoms with Gasteiger partial charge in [0.25, 0.3) is 0 Å². The molecule has 2 nitrogen and oxygen atoms in total. The van der Waals surface area contributed by atoms with Crippen LogP contribution in [0.2, 0.25) is 5.02 Å². The van der Waals surface area contributed by atoms with E-state index in [9.17, 15) is 0 Å². The zero-order chi connectivity index (χ0) is 13.9. The molecule has 3 heteroatoms. The van der Waals surface area contributed by atoms with Gasteiger partial charge in [-0.2, -0.15) is 0 Å². The standard InChI is InChI=1S/C17H18ClNO/c1-2-19-16(13-6-3-7-14(18)11-13)15-8-4-5-12-9-10-20-17(12)15/h3-8,11,16,19H,2,9-10H2,1H3. The lowest BCUT2D eigenvalue weighted by Gasteiger charge is -2.21. The van der Waals surface area contributed by atoms with Gasteiger partial charge in [0.2, 0.25) is 0 Å². The number of fused-ring (bicyclic) bond motifs is 1. The van der Waals surface area contributed by atoms with Crippen molar-refractivity contribution in [3.05, 3.63) is 64.2 Å². The molecule has 2 aromatic carbocycles. The summed E-state index contributed by atoms with van der Waals surface area (Å²) in [6.45, 7) is 3.78. The van der Waals surface area contributed by atoms with Crippen molar-refractivity contribution in [3.63, 3.8) is 0 Å². The number of halogens is 1. The Balaban J connectivity index is 2.05. The maximum atomic E-state index is 6.13. The van der Waals surface area contributed by atoms with Crippen LogP contribution in [0.4, 0.5) is 0 Å². The van der Waals surface area contributed by atoms with Crippen LogP contribution >= 0.6 is 11.6 Å². The molecule has 1 heterocycles. The summed E-state index contributed by atoms with van der Waals surface area (Å²) in [4.78, 5) is 0. The van der Waals surface area contributed by atoms with E-state index in [2.05, 4.69) is 36.5 Å². The first-order valence-electron chi connectivity index (χ1n) is 7.03. The molecule has 0 fully saturated rings. The molecule has 0 spiro atoms. The molecular formula is C17H18ClNO.